The van der Waals surface area contributed by atoms with Crippen LogP contribution in [0.25, 0.3) is 16.9 Å². The molecule has 23 heavy (non-hydrogen) atoms. The summed E-state index contributed by atoms with van der Waals surface area (Å²) >= 11 is 0. The van der Waals surface area contributed by atoms with E-state index in [1.165, 1.54) is 11.1 Å². The molecule has 2 aromatic carbocycles. The van der Waals surface area contributed by atoms with Gasteiger partial charge in [0.15, 0.2) is 0 Å². The monoisotopic (exact) mass is 306 g/mol. The minimum absolute atomic E-state index is 0.0297. The first-order valence-electron chi connectivity index (χ1n) is 7.97. The van der Waals surface area contributed by atoms with Gasteiger partial charge in [0.2, 0.25) is 0 Å². The molecule has 0 spiro atoms. The first kappa shape index (κ1) is 15.3. The standard InChI is InChI=1S/C20H22N2O/c1-13(2)18-19(16-8-6-5-7-9-16)21-22(20(18)23)17-11-10-14(3)15(4)12-17/h5-13,21H,1-4H3. The van der Waals surface area contributed by atoms with Crippen LogP contribution in [0.2, 0.25) is 0 Å². The molecule has 0 radical (unpaired) electrons. The van der Waals surface area contributed by atoms with E-state index in [1.54, 1.807) is 4.68 Å². The van der Waals surface area contributed by atoms with Crippen molar-refractivity contribution in [1.82, 2.24) is 9.78 Å². The van der Waals surface area contributed by atoms with Crippen molar-refractivity contribution in [3.63, 3.8) is 0 Å². The van der Waals surface area contributed by atoms with Crippen molar-refractivity contribution in [3.8, 4) is 16.9 Å². The lowest BCUT2D eigenvalue weighted by molar-refractivity contribution is 0.824. The van der Waals surface area contributed by atoms with Gasteiger partial charge in [0.1, 0.15) is 0 Å². The number of H-pyrrole nitrogens is 1. The van der Waals surface area contributed by atoms with Gasteiger partial charge in [-0.15, -0.1) is 0 Å². The summed E-state index contributed by atoms with van der Waals surface area (Å²) in [4.78, 5) is 12.9. The fraction of sp³-hybridized carbons (Fsp3) is 0.250. The highest BCUT2D eigenvalue weighted by molar-refractivity contribution is 5.64. The van der Waals surface area contributed by atoms with E-state index >= 15 is 0 Å². The summed E-state index contributed by atoms with van der Waals surface area (Å²) in [6.07, 6.45) is 0. The normalized spacial score (nSPS) is 11.2. The molecule has 0 aliphatic rings. The maximum absolute atomic E-state index is 12.9. The van der Waals surface area contributed by atoms with Crippen LogP contribution in [0.3, 0.4) is 0 Å². The Labute approximate surface area is 136 Å². The number of hydrogen-bond acceptors (Lipinski definition) is 1. The first-order valence-corrected chi connectivity index (χ1v) is 7.97. The first-order chi connectivity index (χ1) is 11.0. The zero-order valence-corrected chi connectivity index (χ0v) is 14.1. The Balaban J connectivity index is 2.24. The summed E-state index contributed by atoms with van der Waals surface area (Å²) in [5.41, 5.74) is 6.08. The number of aryl methyl sites for hydroxylation is 2. The highest BCUT2D eigenvalue weighted by atomic mass is 16.1. The molecule has 3 heteroatoms. The number of nitrogens with one attached hydrogen (secondary N) is 1. The Morgan fingerprint density at radius 3 is 2.26 bits per heavy atom. The fourth-order valence-electron chi connectivity index (χ4n) is 2.86. The number of benzene rings is 2. The van der Waals surface area contributed by atoms with Crippen molar-refractivity contribution >= 4 is 0 Å². The van der Waals surface area contributed by atoms with Gasteiger partial charge in [0, 0.05) is 5.56 Å². The van der Waals surface area contributed by atoms with Crippen molar-refractivity contribution in [1.29, 1.82) is 0 Å². The van der Waals surface area contributed by atoms with E-state index in [9.17, 15) is 4.79 Å². The molecule has 3 nitrogen and oxygen atoms in total. The van der Waals surface area contributed by atoms with Gasteiger partial charge >= 0.3 is 0 Å². The van der Waals surface area contributed by atoms with Crippen LogP contribution in [-0.2, 0) is 0 Å². The molecule has 0 saturated carbocycles. The van der Waals surface area contributed by atoms with Crippen molar-refractivity contribution < 1.29 is 0 Å². The summed E-state index contributed by atoms with van der Waals surface area (Å²) < 4.78 is 1.66. The number of rotatable bonds is 3. The molecule has 0 unspecified atom stereocenters. The van der Waals surface area contributed by atoms with Gasteiger partial charge in [-0.1, -0.05) is 50.2 Å². The van der Waals surface area contributed by atoms with Gasteiger partial charge < -0.3 is 0 Å². The molecular weight excluding hydrogens is 284 g/mol. The highest BCUT2D eigenvalue weighted by Gasteiger charge is 2.19. The molecule has 0 fully saturated rings. The fourth-order valence-corrected chi connectivity index (χ4v) is 2.86. The summed E-state index contributed by atoms with van der Waals surface area (Å²) in [7, 11) is 0. The Kier molecular flexibility index (Phi) is 3.95. The van der Waals surface area contributed by atoms with E-state index < -0.39 is 0 Å². The minimum Gasteiger partial charge on any atom is -0.290 e. The van der Waals surface area contributed by atoms with Gasteiger partial charge in [0.05, 0.1) is 11.4 Å². The van der Waals surface area contributed by atoms with Crippen LogP contribution in [0, 0.1) is 13.8 Å². The molecule has 0 saturated heterocycles. The lowest BCUT2D eigenvalue weighted by atomic mass is 9.99. The van der Waals surface area contributed by atoms with Crippen LogP contribution in [0.5, 0.6) is 0 Å². The Morgan fingerprint density at radius 1 is 0.957 bits per heavy atom. The van der Waals surface area contributed by atoms with Gasteiger partial charge in [-0.2, -0.15) is 0 Å². The maximum Gasteiger partial charge on any atom is 0.275 e. The average Bonchev–Trinajstić information content (AvgIpc) is 2.88. The topological polar surface area (TPSA) is 37.8 Å². The molecule has 1 heterocycles. The van der Waals surface area contributed by atoms with Gasteiger partial charge in [-0.3, -0.25) is 9.89 Å². The third-order valence-corrected chi connectivity index (χ3v) is 4.31. The molecule has 0 aliphatic carbocycles. The van der Waals surface area contributed by atoms with Crippen molar-refractivity contribution in [2.75, 3.05) is 0 Å². The van der Waals surface area contributed by atoms with Crippen molar-refractivity contribution in [3.05, 3.63) is 75.6 Å². The van der Waals surface area contributed by atoms with Gasteiger partial charge in [0.25, 0.3) is 5.56 Å². The molecular formula is C20H22N2O. The lowest BCUT2D eigenvalue weighted by Crippen LogP contribution is -2.18. The summed E-state index contributed by atoms with van der Waals surface area (Å²) in [6, 6.07) is 16.1. The van der Waals surface area contributed by atoms with Crippen LogP contribution < -0.4 is 5.56 Å². The molecule has 0 atom stereocenters. The van der Waals surface area contributed by atoms with Crippen LogP contribution in [-0.4, -0.2) is 9.78 Å². The van der Waals surface area contributed by atoms with Crippen LogP contribution in [0.15, 0.2) is 53.3 Å². The Bertz CT molecular complexity index is 886. The largest absolute Gasteiger partial charge is 0.290 e. The molecule has 3 aromatic rings. The number of nitrogens with zero attached hydrogens (tertiary/aromatic N) is 1. The van der Waals surface area contributed by atoms with E-state index in [0.717, 1.165) is 22.5 Å². The van der Waals surface area contributed by atoms with E-state index in [2.05, 4.69) is 38.9 Å². The molecule has 118 valence electrons. The van der Waals surface area contributed by atoms with E-state index in [-0.39, 0.29) is 11.5 Å². The highest BCUT2D eigenvalue weighted by Crippen LogP contribution is 2.26. The second kappa shape index (κ2) is 5.92. The summed E-state index contributed by atoms with van der Waals surface area (Å²) in [5, 5.41) is 3.31. The second-order valence-corrected chi connectivity index (χ2v) is 6.33. The van der Waals surface area contributed by atoms with Crippen molar-refractivity contribution in [2.45, 2.75) is 33.6 Å². The zero-order chi connectivity index (χ0) is 16.6. The third-order valence-electron chi connectivity index (χ3n) is 4.31. The van der Waals surface area contributed by atoms with Crippen LogP contribution in [0.1, 0.15) is 36.5 Å². The smallest absolute Gasteiger partial charge is 0.275 e. The third kappa shape index (κ3) is 2.74. The Hall–Kier alpha value is -2.55. The zero-order valence-electron chi connectivity index (χ0n) is 14.1. The molecule has 1 N–H and O–H groups in total. The SMILES string of the molecule is Cc1ccc(-n2[nH]c(-c3ccccc3)c(C(C)C)c2=O)cc1C. The molecule has 0 aliphatic heterocycles. The average molecular weight is 306 g/mol. The number of aromatic amines is 1. The minimum atomic E-state index is 0.0297. The maximum atomic E-state index is 12.9. The number of hydrogen-bond donors (Lipinski definition) is 1. The molecule has 0 bridgehead atoms. The van der Waals surface area contributed by atoms with E-state index in [4.69, 9.17) is 0 Å². The molecule has 3 rings (SSSR count). The van der Waals surface area contributed by atoms with Gasteiger partial charge in [-0.05, 0) is 48.6 Å². The lowest BCUT2D eigenvalue weighted by Gasteiger charge is -2.05. The Morgan fingerprint density at radius 2 is 1.65 bits per heavy atom. The van der Waals surface area contributed by atoms with E-state index in [0.29, 0.717) is 0 Å². The molecule has 0 amide bonds. The molecule has 1 aromatic heterocycles. The quantitative estimate of drug-likeness (QED) is 0.756. The van der Waals surface area contributed by atoms with Crippen LogP contribution >= 0.6 is 0 Å². The predicted octanol–water partition coefficient (Wildman–Crippen LogP) is 4.57. The van der Waals surface area contributed by atoms with Crippen molar-refractivity contribution in [2.24, 2.45) is 0 Å². The number of aromatic nitrogens is 2. The van der Waals surface area contributed by atoms with E-state index in [1.807, 2.05) is 42.5 Å². The van der Waals surface area contributed by atoms with Gasteiger partial charge in [-0.25, -0.2) is 4.68 Å². The summed E-state index contributed by atoms with van der Waals surface area (Å²) in [5.74, 6) is 0.154. The predicted molar refractivity (Wildman–Crippen MR) is 95.4 cm³/mol. The summed E-state index contributed by atoms with van der Waals surface area (Å²) in [6.45, 7) is 8.25. The van der Waals surface area contributed by atoms with Crippen LogP contribution in [0.4, 0.5) is 0 Å². The second-order valence-electron chi connectivity index (χ2n) is 6.33.